The maximum atomic E-state index is 5.07. The van der Waals surface area contributed by atoms with Gasteiger partial charge in [0, 0.05) is 10.8 Å². The third kappa shape index (κ3) is 3.19. The van der Waals surface area contributed by atoms with E-state index >= 15 is 0 Å². The molecule has 0 aromatic carbocycles. The largest absolute Gasteiger partial charge is 0.312 e. The van der Waals surface area contributed by atoms with Crippen LogP contribution in [0, 0.1) is 11.3 Å². The molecule has 0 spiro atoms. The van der Waals surface area contributed by atoms with E-state index in [0.29, 0.717) is 11.5 Å². The van der Waals surface area contributed by atoms with Crippen LogP contribution in [0.15, 0.2) is 0 Å². The molecule has 1 heterocycles. The van der Waals surface area contributed by atoms with Gasteiger partial charge in [0.05, 0.1) is 16.7 Å². The van der Waals surface area contributed by atoms with Gasteiger partial charge >= 0.3 is 0 Å². The Morgan fingerprint density at radius 2 is 1.81 bits per heavy atom. The normalized spacial score (nSPS) is 30.2. The van der Waals surface area contributed by atoms with Crippen molar-refractivity contribution in [3.63, 3.8) is 0 Å². The number of nitrogens with one attached hydrogen (secondary N) is 1. The van der Waals surface area contributed by atoms with Crippen LogP contribution in [0.3, 0.4) is 0 Å². The molecule has 21 heavy (non-hydrogen) atoms. The number of thiazole rings is 1. The molecule has 0 saturated heterocycles. The minimum atomic E-state index is 0.477. The standard InChI is InChI=1S/C18H30N2S/c1-18(2,3)13-10-8-12(9-11-13)17-20-16-14(19-4)6-5-7-15(16)21-17/h12-14,19H,5-11H2,1-4H3. The van der Waals surface area contributed by atoms with Gasteiger partial charge in [-0.25, -0.2) is 4.98 Å². The summed E-state index contributed by atoms with van der Waals surface area (Å²) in [4.78, 5) is 6.63. The fourth-order valence-corrected chi connectivity index (χ4v) is 5.44. The molecule has 0 amide bonds. The van der Waals surface area contributed by atoms with Crippen molar-refractivity contribution in [3.8, 4) is 0 Å². The molecular weight excluding hydrogens is 276 g/mol. The van der Waals surface area contributed by atoms with E-state index in [4.69, 9.17) is 4.98 Å². The molecule has 1 aromatic rings. The van der Waals surface area contributed by atoms with E-state index in [0.717, 1.165) is 11.8 Å². The minimum absolute atomic E-state index is 0.477. The third-order valence-electron chi connectivity index (χ3n) is 5.62. The average molecular weight is 307 g/mol. The van der Waals surface area contributed by atoms with Gasteiger partial charge in [0.1, 0.15) is 0 Å². The summed E-state index contributed by atoms with van der Waals surface area (Å²) in [7, 11) is 2.08. The van der Waals surface area contributed by atoms with Crippen molar-refractivity contribution in [1.29, 1.82) is 0 Å². The van der Waals surface area contributed by atoms with Crippen LogP contribution in [0.4, 0.5) is 0 Å². The van der Waals surface area contributed by atoms with E-state index in [1.807, 2.05) is 11.3 Å². The van der Waals surface area contributed by atoms with Crippen molar-refractivity contribution >= 4 is 11.3 Å². The van der Waals surface area contributed by atoms with Gasteiger partial charge in [-0.3, -0.25) is 0 Å². The summed E-state index contributed by atoms with van der Waals surface area (Å²) in [6.07, 6.45) is 9.28. The Kier molecular flexibility index (Phi) is 4.42. The maximum absolute atomic E-state index is 5.07. The van der Waals surface area contributed by atoms with E-state index in [1.165, 1.54) is 55.6 Å². The molecule has 3 rings (SSSR count). The lowest BCUT2D eigenvalue weighted by atomic mass is 9.70. The second kappa shape index (κ2) is 6.00. The average Bonchev–Trinajstić information content (AvgIpc) is 2.90. The zero-order valence-electron chi connectivity index (χ0n) is 14.0. The van der Waals surface area contributed by atoms with Gasteiger partial charge in [0.2, 0.25) is 0 Å². The minimum Gasteiger partial charge on any atom is -0.312 e. The van der Waals surface area contributed by atoms with Crippen molar-refractivity contribution in [1.82, 2.24) is 10.3 Å². The zero-order chi connectivity index (χ0) is 15.0. The van der Waals surface area contributed by atoms with Crippen molar-refractivity contribution in [3.05, 3.63) is 15.6 Å². The predicted molar refractivity (Wildman–Crippen MR) is 91.0 cm³/mol. The van der Waals surface area contributed by atoms with E-state index in [9.17, 15) is 0 Å². The van der Waals surface area contributed by atoms with Gasteiger partial charge in [-0.2, -0.15) is 0 Å². The molecule has 2 aliphatic rings. The van der Waals surface area contributed by atoms with Gasteiger partial charge in [0.15, 0.2) is 0 Å². The molecule has 118 valence electrons. The number of rotatable bonds is 2. The van der Waals surface area contributed by atoms with Crippen molar-refractivity contribution in [2.45, 2.75) is 77.7 Å². The smallest absolute Gasteiger partial charge is 0.0962 e. The van der Waals surface area contributed by atoms with E-state index in [2.05, 4.69) is 33.1 Å². The van der Waals surface area contributed by atoms with Gasteiger partial charge in [-0.1, -0.05) is 20.8 Å². The molecule has 2 nitrogen and oxygen atoms in total. The van der Waals surface area contributed by atoms with Crippen LogP contribution >= 0.6 is 11.3 Å². The Balaban J connectivity index is 1.70. The Bertz CT molecular complexity index is 478. The second-order valence-electron chi connectivity index (χ2n) is 8.01. The van der Waals surface area contributed by atoms with Crippen LogP contribution in [0.1, 0.15) is 86.8 Å². The second-order valence-corrected chi connectivity index (χ2v) is 9.12. The predicted octanol–water partition coefficient (Wildman–Crippen LogP) is 5.06. The summed E-state index contributed by atoms with van der Waals surface area (Å²) in [5.74, 6) is 1.63. The third-order valence-corrected chi connectivity index (χ3v) is 6.91. The number of aromatic nitrogens is 1. The molecule has 2 aliphatic carbocycles. The highest BCUT2D eigenvalue weighted by Crippen LogP contribution is 2.45. The van der Waals surface area contributed by atoms with Crippen LogP contribution in [0.5, 0.6) is 0 Å². The van der Waals surface area contributed by atoms with Crippen LogP contribution in [0.25, 0.3) is 0 Å². The molecule has 1 N–H and O–H groups in total. The number of hydrogen-bond acceptors (Lipinski definition) is 3. The number of nitrogens with zero attached hydrogens (tertiary/aromatic N) is 1. The van der Waals surface area contributed by atoms with Crippen molar-refractivity contribution in [2.24, 2.45) is 11.3 Å². The molecule has 1 fully saturated rings. The van der Waals surface area contributed by atoms with Gasteiger partial charge in [-0.05, 0) is 63.3 Å². The number of fused-ring (bicyclic) bond motifs is 1. The van der Waals surface area contributed by atoms with Crippen LogP contribution < -0.4 is 5.32 Å². The van der Waals surface area contributed by atoms with Crippen LogP contribution in [-0.4, -0.2) is 12.0 Å². The summed E-state index contributed by atoms with van der Waals surface area (Å²) < 4.78 is 0. The maximum Gasteiger partial charge on any atom is 0.0962 e. The molecule has 0 radical (unpaired) electrons. The van der Waals surface area contributed by atoms with Crippen LogP contribution in [-0.2, 0) is 6.42 Å². The highest BCUT2D eigenvalue weighted by atomic mass is 32.1. The highest BCUT2D eigenvalue weighted by Gasteiger charge is 2.32. The SMILES string of the molecule is CNC1CCCc2sc(C3CCC(C(C)(C)C)CC3)nc21. The lowest BCUT2D eigenvalue weighted by molar-refractivity contribution is 0.169. The Morgan fingerprint density at radius 3 is 2.43 bits per heavy atom. The van der Waals surface area contributed by atoms with Gasteiger partial charge in [0.25, 0.3) is 0 Å². The lowest BCUT2D eigenvalue weighted by Gasteiger charge is -2.36. The summed E-state index contributed by atoms with van der Waals surface area (Å²) in [6, 6.07) is 0.504. The zero-order valence-corrected chi connectivity index (χ0v) is 14.9. The first-order chi connectivity index (χ1) is 9.99. The summed E-state index contributed by atoms with van der Waals surface area (Å²) in [6.45, 7) is 7.20. The van der Waals surface area contributed by atoms with E-state index in [1.54, 1.807) is 4.88 Å². The molecule has 1 aromatic heterocycles. The van der Waals surface area contributed by atoms with Crippen LogP contribution in [0.2, 0.25) is 0 Å². The van der Waals surface area contributed by atoms with E-state index in [-0.39, 0.29) is 0 Å². The molecule has 0 aliphatic heterocycles. The topological polar surface area (TPSA) is 24.9 Å². The fourth-order valence-electron chi connectivity index (χ4n) is 4.10. The quantitative estimate of drug-likeness (QED) is 0.826. The molecule has 1 saturated carbocycles. The van der Waals surface area contributed by atoms with E-state index < -0.39 is 0 Å². The molecular formula is C18H30N2S. The first kappa shape index (κ1) is 15.5. The molecule has 1 atom stereocenters. The first-order valence-electron chi connectivity index (χ1n) is 8.65. The Morgan fingerprint density at radius 1 is 1.10 bits per heavy atom. The Labute approximate surface area is 133 Å². The number of hydrogen-bond donors (Lipinski definition) is 1. The van der Waals surface area contributed by atoms with Crippen molar-refractivity contribution < 1.29 is 0 Å². The molecule has 3 heteroatoms. The van der Waals surface area contributed by atoms with Gasteiger partial charge < -0.3 is 5.32 Å². The summed E-state index contributed by atoms with van der Waals surface area (Å²) in [5, 5.41) is 4.89. The molecule has 1 unspecified atom stereocenters. The van der Waals surface area contributed by atoms with Gasteiger partial charge in [-0.15, -0.1) is 11.3 Å². The summed E-state index contributed by atoms with van der Waals surface area (Å²) >= 11 is 2.02. The molecule has 0 bridgehead atoms. The Hall–Kier alpha value is -0.410. The summed E-state index contributed by atoms with van der Waals surface area (Å²) in [5.41, 5.74) is 1.85. The first-order valence-corrected chi connectivity index (χ1v) is 9.47. The lowest BCUT2D eigenvalue weighted by Crippen LogP contribution is -2.25. The van der Waals surface area contributed by atoms with Crippen molar-refractivity contribution in [2.75, 3.05) is 7.05 Å². The fraction of sp³-hybridized carbons (Fsp3) is 0.833. The highest BCUT2D eigenvalue weighted by molar-refractivity contribution is 7.11. The number of aryl methyl sites for hydroxylation is 1. The monoisotopic (exact) mass is 306 g/mol.